The van der Waals surface area contributed by atoms with Crippen LogP contribution in [0.1, 0.15) is 16.7 Å². The van der Waals surface area contributed by atoms with Crippen LogP contribution in [0, 0.1) is 13.8 Å². The van der Waals surface area contributed by atoms with Gasteiger partial charge >= 0.3 is 0 Å². The van der Waals surface area contributed by atoms with Crippen LogP contribution in [0.4, 0.5) is 0 Å². The molecule has 0 N–H and O–H groups in total. The van der Waals surface area contributed by atoms with E-state index in [0.29, 0.717) is 17.9 Å². The van der Waals surface area contributed by atoms with Gasteiger partial charge in [-0.1, -0.05) is 6.07 Å². The van der Waals surface area contributed by atoms with Gasteiger partial charge < -0.3 is 0 Å². The molecule has 0 unspecified atom stereocenters. The first-order valence-electron chi connectivity index (χ1n) is 6.82. The van der Waals surface area contributed by atoms with Gasteiger partial charge in [-0.3, -0.25) is 4.68 Å². The summed E-state index contributed by atoms with van der Waals surface area (Å²) >= 11 is 0. The second kappa shape index (κ2) is 5.99. The average molecular weight is 307 g/mol. The van der Waals surface area contributed by atoms with Crippen molar-refractivity contribution in [2.75, 3.05) is 13.6 Å². The molecular weight excluding hydrogens is 286 g/mol. The quantitative estimate of drug-likeness (QED) is 0.848. The lowest BCUT2D eigenvalue weighted by Gasteiger charge is -2.17. The molecule has 2 aromatic rings. The molecule has 0 aliphatic carbocycles. The SMILES string of the molecule is Cc1ccc(S(=O)(=O)N(C)CCc2cnn(C)c2)cc1C. The minimum atomic E-state index is -3.44. The van der Waals surface area contributed by atoms with E-state index in [2.05, 4.69) is 5.10 Å². The van der Waals surface area contributed by atoms with E-state index in [0.717, 1.165) is 16.7 Å². The van der Waals surface area contributed by atoms with Gasteiger partial charge in [0.1, 0.15) is 0 Å². The normalized spacial score (nSPS) is 12.0. The number of hydrogen-bond donors (Lipinski definition) is 0. The lowest BCUT2D eigenvalue weighted by Crippen LogP contribution is -2.29. The maximum atomic E-state index is 12.5. The van der Waals surface area contributed by atoms with Crippen molar-refractivity contribution in [3.8, 4) is 0 Å². The Bertz CT molecular complexity index is 735. The third-order valence-corrected chi connectivity index (χ3v) is 5.51. The van der Waals surface area contributed by atoms with Crippen molar-refractivity contribution in [1.82, 2.24) is 14.1 Å². The van der Waals surface area contributed by atoms with Crippen LogP contribution in [-0.2, 0) is 23.5 Å². The Morgan fingerprint density at radius 3 is 2.52 bits per heavy atom. The van der Waals surface area contributed by atoms with E-state index in [1.165, 1.54) is 4.31 Å². The zero-order valence-electron chi connectivity index (χ0n) is 12.9. The van der Waals surface area contributed by atoms with Crippen molar-refractivity contribution in [2.24, 2.45) is 7.05 Å². The van der Waals surface area contributed by atoms with Crippen LogP contribution in [0.15, 0.2) is 35.5 Å². The lowest BCUT2D eigenvalue weighted by atomic mass is 10.1. The molecule has 0 aliphatic heterocycles. The van der Waals surface area contributed by atoms with Crippen molar-refractivity contribution in [1.29, 1.82) is 0 Å². The fourth-order valence-electron chi connectivity index (χ4n) is 2.06. The summed E-state index contributed by atoms with van der Waals surface area (Å²) in [4.78, 5) is 0.347. The van der Waals surface area contributed by atoms with Crippen LogP contribution in [0.5, 0.6) is 0 Å². The average Bonchev–Trinajstić information content (AvgIpc) is 2.84. The van der Waals surface area contributed by atoms with Crippen molar-refractivity contribution in [3.05, 3.63) is 47.3 Å². The highest BCUT2D eigenvalue weighted by atomic mass is 32.2. The molecular formula is C15H21N3O2S. The van der Waals surface area contributed by atoms with Crippen molar-refractivity contribution >= 4 is 10.0 Å². The second-order valence-corrected chi connectivity index (χ2v) is 7.39. The number of aromatic nitrogens is 2. The Labute approximate surface area is 126 Å². The van der Waals surface area contributed by atoms with Crippen molar-refractivity contribution in [2.45, 2.75) is 25.2 Å². The number of sulfonamides is 1. The number of rotatable bonds is 5. The van der Waals surface area contributed by atoms with Gasteiger partial charge in [0.2, 0.25) is 10.0 Å². The zero-order valence-corrected chi connectivity index (χ0v) is 13.7. The monoisotopic (exact) mass is 307 g/mol. The third-order valence-electron chi connectivity index (χ3n) is 3.66. The number of benzene rings is 1. The number of hydrogen-bond acceptors (Lipinski definition) is 3. The molecule has 0 saturated carbocycles. The molecule has 1 aromatic heterocycles. The molecule has 1 aromatic carbocycles. The van der Waals surface area contributed by atoms with Gasteiger partial charge in [0, 0.05) is 26.8 Å². The summed E-state index contributed by atoms with van der Waals surface area (Å²) in [7, 11) is 0.0228. The molecule has 0 saturated heterocycles. The Hall–Kier alpha value is -1.66. The summed E-state index contributed by atoms with van der Waals surface area (Å²) < 4.78 is 28.2. The minimum absolute atomic E-state index is 0.347. The summed E-state index contributed by atoms with van der Waals surface area (Å²) in [5, 5.41) is 4.08. The van der Waals surface area contributed by atoms with Crippen LogP contribution < -0.4 is 0 Å². The summed E-state index contributed by atoms with van der Waals surface area (Å²) in [5.74, 6) is 0. The van der Waals surface area contributed by atoms with E-state index in [4.69, 9.17) is 0 Å². The fraction of sp³-hybridized carbons (Fsp3) is 0.400. The zero-order chi connectivity index (χ0) is 15.6. The summed E-state index contributed by atoms with van der Waals surface area (Å²) in [5.41, 5.74) is 3.10. The van der Waals surface area contributed by atoms with Crippen LogP contribution in [0.2, 0.25) is 0 Å². The maximum absolute atomic E-state index is 12.5. The van der Waals surface area contributed by atoms with Crippen LogP contribution in [0.25, 0.3) is 0 Å². The molecule has 1 heterocycles. The number of aryl methyl sites for hydroxylation is 3. The van der Waals surface area contributed by atoms with Crippen molar-refractivity contribution in [3.63, 3.8) is 0 Å². The molecule has 6 heteroatoms. The molecule has 0 spiro atoms. The topological polar surface area (TPSA) is 55.2 Å². The molecule has 114 valence electrons. The highest BCUT2D eigenvalue weighted by Crippen LogP contribution is 2.18. The molecule has 21 heavy (non-hydrogen) atoms. The van der Waals surface area contributed by atoms with Crippen LogP contribution in [-0.4, -0.2) is 36.1 Å². The van der Waals surface area contributed by atoms with Gasteiger partial charge in [-0.15, -0.1) is 0 Å². The molecule has 0 aliphatic rings. The summed E-state index contributed by atoms with van der Waals surface area (Å²) in [6.45, 7) is 4.32. The Kier molecular flexibility index (Phi) is 4.49. The molecule has 0 radical (unpaired) electrons. The molecule has 0 atom stereocenters. The highest BCUT2D eigenvalue weighted by Gasteiger charge is 2.20. The first-order valence-corrected chi connectivity index (χ1v) is 8.26. The van der Waals surface area contributed by atoms with E-state index >= 15 is 0 Å². The summed E-state index contributed by atoms with van der Waals surface area (Å²) in [6.07, 6.45) is 4.31. The number of nitrogens with zero attached hydrogens (tertiary/aromatic N) is 3. The lowest BCUT2D eigenvalue weighted by molar-refractivity contribution is 0.472. The molecule has 2 rings (SSSR count). The van der Waals surface area contributed by atoms with Gasteiger partial charge in [0.25, 0.3) is 0 Å². The van der Waals surface area contributed by atoms with Gasteiger partial charge in [-0.05, 0) is 49.1 Å². The van der Waals surface area contributed by atoms with Gasteiger partial charge in [0.05, 0.1) is 11.1 Å². The third kappa shape index (κ3) is 3.51. The smallest absolute Gasteiger partial charge is 0.242 e. The first kappa shape index (κ1) is 15.7. The van der Waals surface area contributed by atoms with Crippen LogP contribution >= 0.6 is 0 Å². The highest BCUT2D eigenvalue weighted by molar-refractivity contribution is 7.89. The van der Waals surface area contributed by atoms with Crippen LogP contribution in [0.3, 0.4) is 0 Å². The Balaban J connectivity index is 2.12. The standard InChI is InChI=1S/C15H21N3O2S/c1-12-5-6-15(9-13(12)2)21(19,20)18(4)8-7-14-10-16-17(3)11-14/h5-6,9-11H,7-8H2,1-4H3. The van der Waals surface area contributed by atoms with Gasteiger partial charge in [-0.2, -0.15) is 5.10 Å². The predicted molar refractivity (Wildman–Crippen MR) is 82.6 cm³/mol. The van der Waals surface area contributed by atoms with E-state index in [9.17, 15) is 8.42 Å². The second-order valence-electron chi connectivity index (χ2n) is 5.34. The van der Waals surface area contributed by atoms with Crippen molar-refractivity contribution < 1.29 is 8.42 Å². The van der Waals surface area contributed by atoms with Gasteiger partial charge in [-0.25, -0.2) is 12.7 Å². The molecule has 0 bridgehead atoms. The van der Waals surface area contributed by atoms with E-state index < -0.39 is 10.0 Å². The van der Waals surface area contributed by atoms with Gasteiger partial charge in [0.15, 0.2) is 0 Å². The Morgan fingerprint density at radius 1 is 1.24 bits per heavy atom. The van der Waals surface area contributed by atoms with E-state index in [-0.39, 0.29) is 0 Å². The first-order chi connectivity index (χ1) is 9.80. The molecule has 5 nitrogen and oxygen atoms in total. The van der Waals surface area contributed by atoms with E-state index in [1.807, 2.05) is 33.2 Å². The largest absolute Gasteiger partial charge is 0.276 e. The maximum Gasteiger partial charge on any atom is 0.242 e. The Morgan fingerprint density at radius 2 is 1.95 bits per heavy atom. The predicted octanol–water partition coefficient (Wildman–Crippen LogP) is 1.90. The molecule has 0 fully saturated rings. The number of likely N-dealkylation sites (N-methyl/N-ethyl adjacent to an activating group) is 1. The fourth-order valence-corrected chi connectivity index (χ4v) is 3.32. The minimum Gasteiger partial charge on any atom is -0.276 e. The van der Waals surface area contributed by atoms with E-state index in [1.54, 1.807) is 30.1 Å². The summed E-state index contributed by atoms with van der Waals surface area (Å²) in [6, 6.07) is 5.24. The molecule has 0 amide bonds.